The molecule has 0 aliphatic carbocycles. The number of fused-ring (bicyclic) bond motifs is 1. The van der Waals surface area contributed by atoms with E-state index in [0.29, 0.717) is 24.7 Å². The summed E-state index contributed by atoms with van der Waals surface area (Å²) < 4.78 is 10.9. The Morgan fingerprint density at radius 2 is 2.32 bits per heavy atom. The van der Waals surface area contributed by atoms with Gasteiger partial charge < -0.3 is 19.3 Å². The molecule has 0 aromatic carbocycles. The third-order valence-corrected chi connectivity index (χ3v) is 4.42. The van der Waals surface area contributed by atoms with Crippen LogP contribution in [0.15, 0.2) is 12.4 Å². The number of methoxy groups -OCH3 is 1. The van der Waals surface area contributed by atoms with Gasteiger partial charge in [0.15, 0.2) is 5.69 Å². The highest BCUT2D eigenvalue weighted by Gasteiger charge is 2.39. The van der Waals surface area contributed by atoms with E-state index in [2.05, 4.69) is 21.8 Å². The Hall–Kier alpha value is -1.73. The number of carbonyl (C=O) groups is 1. The molecule has 120 valence electrons. The molecule has 0 saturated carbocycles. The van der Waals surface area contributed by atoms with Crippen molar-refractivity contribution in [2.75, 3.05) is 39.9 Å². The maximum absolute atomic E-state index is 12.8. The maximum atomic E-state index is 12.8. The summed E-state index contributed by atoms with van der Waals surface area (Å²) in [6.45, 7) is 6.18. The average molecular weight is 306 g/mol. The number of likely N-dealkylation sites (N-methyl/N-ethyl adjacent to an activating group) is 1. The maximum Gasteiger partial charge on any atom is 0.274 e. The Balaban J connectivity index is 1.80. The molecule has 7 heteroatoms. The normalized spacial score (nSPS) is 25.6. The Morgan fingerprint density at radius 1 is 1.45 bits per heavy atom. The highest BCUT2D eigenvalue weighted by Crippen LogP contribution is 2.24. The number of amides is 1. The molecule has 3 rings (SSSR count). The molecule has 7 nitrogen and oxygen atoms in total. The van der Waals surface area contributed by atoms with Gasteiger partial charge in [0.1, 0.15) is 0 Å². The summed E-state index contributed by atoms with van der Waals surface area (Å²) in [5.41, 5.74) is 0.327. The summed E-state index contributed by atoms with van der Waals surface area (Å²) in [6, 6.07) is 0.0861. The number of hydrogen-bond acceptors (Lipinski definition) is 6. The van der Waals surface area contributed by atoms with E-state index >= 15 is 0 Å². The van der Waals surface area contributed by atoms with Gasteiger partial charge in [-0.2, -0.15) is 0 Å². The molecule has 2 fully saturated rings. The number of morpholine rings is 1. The number of hydrogen-bond donors (Lipinski definition) is 0. The molecule has 22 heavy (non-hydrogen) atoms. The molecule has 2 aliphatic rings. The number of likely N-dealkylation sites (tertiary alicyclic amines) is 1. The fraction of sp³-hybridized carbons (Fsp3) is 0.667. The van der Waals surface area contributed by atoms with E-state index in [-0.39, 0.29) is 18.1 Å². The molecule has 0 bridgehead atoms. The van der Waals surface area contributed by atoms with Crippen molar-refractivity contribution in [1.82, 2.24) is 19.8 Å². The van der Waals surface area contributed by atoms with Crippen LogP contribution in [0, 0.1) is 0 Å². The van der Waals surface area contributed by atoms with Gasteiger partial charge in [-0.15, -0.1) is 0 Å². The standard InChI is InChI=1S/C15H22N4O3/c1-3-18-5-4-13-12(10-18)19(6-7-22-13)15(20)11-8-16-9-14(17-11)21-2/h8-9,12-13H,3-7,10H2,1-2H3/t12-,13+/m0/s1. The summed E-state index contributed by atoms with van der Waals surface area (Å²) >= 11 is 0. The number of rotatable bonds is 3. The lowest BCUT2D eigenvalue weighted by Crippen LogP contribution is -2.61. The van der Waals surface area contributed by atoms with Crippen molar-refractivity contribution >= 4 is 5.91 Å². The molecule has 2 aliphatic heterocycles. The summed E-state index contributed by atoms with van der Waals surface area (Å²) in [5, 5.41) is 0. The topological polar surface area (TPSA) is 67.8 Å². The highest BCUT2D eigenvalue weighted by molar-refractivity contribution is 5.92. The summed E-state index contributed by atoms with van der Waals surface area (Å²) in [5.74, 6) is 0.261. The lowest BCUT2D eigenvalue weighted by molar-refractivity contribution is -0.0897. The van der Waals surface area contributed by atoms with E-state index in [0.717, 1.165) is 26.1 Å². The van der Waals surface area contributed by atoms with Crippen LogP contribution in [0.5, 0.6) is 5.88 Å². The van der Waals surface area contributed by atoms with Crippen LogP contribution < -0.4 is 4.74 Å². The number of ether oxygens (including phenoxy) is 2. The van der Waals surface area contributed by atoms with E-state index in [1.165, 1.54) is 19.5 Å². The fourth-order valence-corrected chi connectivity index (χ4v) is 3.17. The van der Waals surface area contributed by atoms with Gasteiger partial charge in [-0.3, -0.25) is 9.78 Å². The molecule has 0 unspecified atom stereocenters. The van der Waals surface area contributed by atoms with Crippen LogP contribution >= 0.6 is 0 Å². The fourth-order valence-electron chi connectivity index (χ4n) is 3.17. The van der Waals surface area contributed by atoms with Crippen LogP contribution in [0.4, 0.5) is 0 Å². The summed E-state index contributed by atoms with van der Waals surface area (Å²) in [4.78, 5) is 25.3. The molecule has 3 heterocycles. The Kier molecular flexibility index (Phi) is 4.54. The highest BCUT2D eigenvalue weighted by atomic mass is 16.5. The second kappa shape index (κ2) is 6.58. The van der Waals surface area contributed by atoms with Crippen molar-refractivity contribution in [3.05, 3.63) is 18.1 Å². The molecule has 0 N–H and O–H groups in total. The molecule has 2 saturated heterocycles. The number of carbonyl (C=O) groups excluding carboxylic acids is 1. The predicted octanol–water partition coefficient (Wildman–Crippen LogP) is 0.420. The van der Waals surface area contributed by atoms with Crippen molar-refractivity contribution in [2.24, 2.45) is 0 Å². The molecule has 0 spiro atoms. The van der Waals surface area contributed by atoms with Crippen LogP contribution in [0.1, 0.15) is 23.8 Å². The zero-order valence-electron chi connectivity index (χ0n) is 13.1. The zero-order valence-corrected chi connectivity index (χ0v) is 13.1. The van der Waals surface area contributed by atoms with Crippen LogP contribution in [-0.2, 0) is 4.74 Å². The Bertz CT molecular complexity index is 539. The van der Waals surface area contributed by atoms with E-state index in [9.17, 15) is 4.79 Å². The van der Waals surface area contributed by atoms with E-state index in [1.54, 1.807) is 0 Å². The van der Waals surface area contributed by atoms with Crippen molar-refractivity contribution < 1.29 is 14.3 Å². The first kappa shape index (κ1) is 15.2. The second-order valence-electron chi connectivity index (χ2n) is 5.60. The Labute approximate surface area is 130 Å². The summed E-state index contributed by atoms with van der Waals surface area (Å²) in [6.07, 6.45) is 4.08. The number of nitrogens with zero attached hydrogens (tertiary/aromatic N) is 4. The van der Waals surface area contributed by atoms with Crippen LogP contribution in [0.3, 0.4) is 0 Å². The smallest absolute Gasteiger partial charge is 0.274 e. The second-order valence-corrected chi connectivity index (χ2v) is 5.60. The van der Waals surface area contributed by atoms with Crippen LogP contribution in [0.2, 0.25) is 0 Å². The van der Waals surface area contributed by atoms with Gasteiger partial charge in [-0.25, -0.2) is 4.98 Å². The third-order valence-electron chi connectivity index (χ3n) is 4.42. The van der Waals surface area contributed by atoms with Crippen LogP contribution in [-0.4, -0.2) is 77.7 Å². The molecular weight excluding hydrogens is 284 g/mol. The van der Waals surface area contributed by atoms with E-state index < -0.39 is 0 Å². The SMILES string of the molecule is CCN1CC[C@H]2OCCN(C(=O)c3cncc(OC)n3)[C@H]2C1. The van der Waals surface area contributed by atoms with Crippen molar-refractivity contribution in [3.63, 3.8) is 0 Å². The first-order valence-corrected chi connectivity index (χ1v) is 7.74. The van der Waals surface area contributed by atoms with Crippen molar-refractivity contribution in [2.45, 2.75) is 25.5 Å². The molecular formula is C15H22N4O3. The van der Waals surface area contributed by atoms with Gasteiger partial charge in [-0.1, -0.05) is 6.92 Å². The molecule has 0 radical (unpaired) electrons. The van der Waals surface area contributed by atoms with Gasteiger partial charge in [-0.05, 0) is 13.0 Å². The van der Waals surface area contributed by atoms with E-state index in [4.69, 9.17) is 9.47 Å². The largest absolute Gasteiger partial charge is 0.480 e. The van der Waals surface area contributed by atoms with Gasteiger partial charge in [0.05, 0.1) is 38.3 Å². The predicted molar refractivity (Wildman–Crippen MR) is 79.9 cm³/mol. The first-order valence-electron chi connectivity index (χ1n) is 7.74. The minimum absolute atomic E-state index is 0.0861. The number of aromatic nitrogens is 2. The zero-order chi connectivity index (χ0) is 15.5. The van der Waals surface area contributed by atoms with Crippen LogP contribution in [0.25, 0.3) is 0 Å². The molecule has 1 aromatic heterocycles. The Morgan fingerprint density at radius 3 is 3.09 bits per heavy atom. The average Bonchev–Trinajstić information content (AvgIpc) is 2.60. The quantitative estimate of drug-likeness (QED) is 0.806. The molecule has 2 atom stereocenters. The van der Waals surface area contributed by atoms with E-state index in [1.807, 2.05) is 4.90 Å². The van der Waals surface area contributed by atoms with Crippen molar-refractivity contribution in [1.29, 1.82) is 0 Å². The first-order chi connectivity index (χ1) is 10.7. The molecule has 1 amide bonds. The minimum Gasteiger partial charge on any atom is -0.480 e. The molecule has 1 aromatic rings. The third kappa shape index (κ3) is 2.91. The van der Waals surface area contributed by atoms with Gasteiger partial charge >= 0.3 is 0 Å². The van der Waals surface area contributed by atoms with Gasteiger partial charge in [0.25, 0.3) is 5.91 Å². The summed E-state index contributed by atoms with van der Waals surface area (Å²) in [7, 11) is 1.52. The van der Waals surface area contributed by atoms with Gasteiger partial charge in [0.2, 0.25) is 5.88 Å². The van der Waals surface area contributed by atoms with Crippen molar-refractivity contribution in [3.8, 4) is 5.88 Å². The lowest BCUT2D eigenvalue weighted by atomic mass is 9.98. The van der Waals surface area contributed by atoms with Gasteiger partial charge in [0, 0.05) is 19.6 Å². The minimum atomic E-state index is -0.0948. The number of piperidine rings is 1. The lowest BCUT2D eigenvalue weighted by Gasteiger charge is -2.46. The monoisotopic (exact) mass is 306 g/mol.